The zero-order valence-corrected chi connectivity index (χ0v) is 11.9. The quantitative estimate of drug-likeness (QED) is 0.874. The first kappa shape index (κ1) is 14.1. The lowest BCUT2D eigenvalue weighted by atomic mass is 9.81. The number of benzene rings is 1. The van der Waals surface area contributed by atoms with Crippen molar-refractivity contribution in [1.82, 2.24) is 0 Å². The van der Waals surface area contributed by atoms with E-state index in [1.54, 1.807) is 6.92 Å². The van der Waals surface area contributed by atoms with E-state index in [1.165, 1.54) is 0 Å². The SMILES string of the molecule is CC(O)c1ccc(NC(=O)C2CCCC2(C)C)cc1. The Morgan fingerprint density at radius 3 is 2.47 bits per heavy atom. The minimum atomic E-state index is -0.474. The maximum Gasteiger partial charge on any atom is 0.228 e. The first-order valence-corrected chi connectivity index (χ1v) is 6.99. The number of carbonyl (C=O) groups is 1. The van der Waals surface area contributed by atoms with E-state index in [0.717, 1.165) is 30.5 Å². The molecular formula is C16H23NO2. The van der Waals surface area contributed by atoms with Crippen molar-refractivity contribution in [2.45, 2.75) is 46.1 Å². The van der Waals surface area contributed by atoms with Gasteiger partial charge in [-0.3, -0.25) is 4.79 Å². The van der Waals surface area contributed by atoms with Gasteiger partial charge in [-0.1, -0.05) is 32.4 Å². The summed E-state index contributed by atoms with van der Waals surface area (Å²) in [6.45, 7) is 6.07. The molecule has 1 fully saturated rings. The lowest BCUT2D eigenvalue weighted by Gasteiger charge is -2.25. The molecule has 0 spiro atoms. The van der Waals surface area contributed by atoms with Crippen LogP contribution in [0.3, 0.4) is 0 Å². The Morgan fingerprint density at radius 2 is 2.00 bits per heavy atom. The summed E-state index contributed by atoms with van der Waals surface area (Å²) >= 11 is 0. The van der Waals surface area contributed by atoms with Crippen molar-refractivity contribution in [1.29, 1.82) is 0 Å². The predicted octanol–water partition coefficient (Wildman–Crippen LogP) is 3.50. The lowest BCUT2D eigenvalue weighted by Crippen LogP contribution is -2.30. The summed E-state index contributed by atoms with van der Waals surface area (Å²) < 4.78 is 0. The predicted molar refractivity (Wildman–Crippen MR) is 76.8 cm³/mol. The van der Waals surface area contributed by atoms with Crippen molar-refractivity contribution < 1.29 is 9.90 Å². The van der Waals surface area contributed by atoms with Crippen LogP contribution in [0.1, 0.15) is 51.7 Å². The summed E-state index contributed by atoms with van der Waals surface area (Å²) in [6, 6.07) is 7.39. The Hall–Kier alpha value is -1.35. The van der Waals surface area contributed by atoms with E-state index in [9.17, 15) is 9.90 Å². The average molecular weight is 261 g/mol. The van der Waals surface area contributed by atoms with Gasteiger partial charge in [0.15, 0.2) is 0 Å². The fourth-order valence-corrected chi connectivity index (χ4v) is 2.89. The van der Waals surface area contributed by atoms with Crippen LogP contribution in [0.25, 0.3) is 0 Å². The number of aliphatic hydroxyl groups is 1. The van der Waals surface area contributed by atoms with E-state index < -0.39 is 6.10 Å². The van der Waals surface area contributed by atoms with E-state index in [4.69, 9.17) is 0 Å². The molecule has 2 atom stereocenters. The highest BCUT2D eigenvalue weighted by atomic mass is 16.3. The van der Waals surface area contributed by atoms with Crippen molar-refractivity contribution in [3.05, 3.63) is 29.8 Å². The van der Waals surface area contributed by atoms with Gasteiger partial charge in [0.05, 0.1) is 6.10 Å². The molecule has 3 nitrogen and oxygen atoms in total. The van der Waals surface area contributed by atoms with Gasteiger partial charge in [0, 0.05) is 11.6 Å². The van der Waals surface area contributed by atoms with Crippen LogP contribution in [0.15, 0.2) is 24.3 Å². The molecule has 0 heterocycles. The monoisotopic (exact) mass is 261 g/mol. The summed E-state index contributed by atoms with van der Waals surface area (Å²) in [6.07, 6.45) is 2.75. The number of nitrogens with one attached hydrogen (secondary N) is 1. The Balaban J connectivity index is 2.03. The molecule has 1 aromatic rings. The second kappa shape index (κ2) is 5.33. The minimum absolute atomic E-state index is 0.101. The first-order valence-electron chi connectivity index (χ1n) is 6.99. The van der Waals surface area contributed by atoms with Crippen LogP contribution >= 0.6 is 0 Å². The molecule has 1 aromatic carbocycles. The van der Waals surface area contributed by atoms with Crippen molar-refractivity contribution >= 4 is 11.6 Å². The van der Waals surface area contributed by atoms with Crippen LogP contribution in [-0.4, -0.2) is 11.0 Å². The summed E-state index contributed by atoms with van der Waals surface area (Å²) in [7, 11) is 0. The molecule has 1 aliphatic rings. The van der Waals surface area contributed by atoms with Crippen molar-refractivity contribution in [2.24, 2.45) is 11.3 Å². The van der Waals surface area contributed by atoms with Crippen molar-refractivity contribution in [3.63, 3.8) is 0 Å². The van der Waals surface area contributed by atoms with Gasteiger partial charge in [-0.25, -0.2) is 0 Å². The van der Waals surface area contributed by atoms with Gasteiger partial charge in [-0.05, 0) is 42.9 Å². The third-order valence-electron chi connectivity index (χ3n) is 4.23. The molecule has 0 saturated heterocycles. The molecule has 0 aliphatic heterocycles. The van der Waals surface area contributed by atoms with Crippen molar-refractivity contribution in [3.8, 4) is 0 Å². The zero-order valence-electron chi connectivity index (χ0n) is 11.9. The van der Waals surface area contributed by atoms with E-state index in [2.05, 4.69) is 19.2 Å². The average Bonchev–Trinajstić information content (AvgIpc) is 2.69. The van der Waals surface area contributed by atoms with Gasteiger partial charge < -0.3 is 10.4 Å². The molecule has 104 valence electrons. The number of aliphatic hydroxyl groups excluding tert-OH is 1. The Labute approximate surface area is 115 Å². The molecule has 2 rings (SSSR count). The van der Waals surface area contributed by atoms with Crippen LogP contribution < -0.4 is 5.32 Å². The molecule has 1 saturated carbocycles. The van der Waals surface area contributed by atoms with E-state index in [0.29, 0.717) is 0 Å². The largest absolute Gasteiger partial charge is 0.389 e. The Morgan fingerprint density at radius 1 is 1.37 bits per heavy atom. The number of carbonyl (C=O) groups excluding carboxylic acids is 1. The number of anilines is 1. The lowest BCUT2D eigenvalue weighted by molar-refractivity contribution is -0.122. The van der Waals surface area contributed by atoms with Crippen LogP contribution in [-0.2, 0) is 4.79 Å². The molecule has 19 heavy (non-hydrogen) atoms. The van der Waals surface area contributed by atoms with Gasteiger partial charge in [-0.2, -0.15) is 0 Å². The van der Waals surface area contributed by atoms with Crippen LogP contribution in [0, 0.1) is 11.3 Å². The van der Waals surface area contributed by atoms with Crippen molar-refractivity contribution in [2.75, 3.05) is 5.32 Å². The van der Waals surface area contributed by atoms with Crippen LogP contribution in [0.4, 0.5) is 5.69 Å². The van der Waals surface area contributed by atoms with Gasteiger partial charge in [0.1, 0.15) is 0 Å². The molecule has 1 amide bonds. The van der Waals surface area contributed by atoms with Gasteiger partial charge in [0.25, 0.3) is 0 Å². The number of amides is 1. The van der Waals surface area contributed by atoms with Gasteiger partial charge in [0.2, 0.25) is 5.91 Å². The fraction of sp³-hybridized carbons (Fsp3) is 0.562. The third kappa shape index (κ3) is 3.16. The molecule has 1 aliphatic carbocycles. The maximum atomic E-state index is 12.3. The standard InChI is InChI=1S/C16H23NO2/c1-11(18)12-6-8-13(9-7-12)17-15(19)14-5-4-10-16(14,2)3/h6-9,11,14,18H,4-5,10H2,1-3H3,(H,17,19). The highest BCUT2D eigenvalue weighted by Crippen LogP contribution is 2.43. The molecule has 2 N–H and O–H groups in total. The zero-order chi connectivity index (χ0) is 14.0. The topological polar surface area (TPSA) is 49.3 Å². The Bertz CT molecular complexity index is 448. The maximum absolute atomic E-state index is 12.3. The normalized spacial score (nSPS) is 23.1. The molecule has 2 unspecified atom stereocenters. The number of hydrogen-bond acceptors (Lipinski definition) is 2. The molecule has 0 radical (unpaired) electrons. The Kier molecular flexibility index (Phi) is 3.95. The summed E-state index contributed by atoms with van der Waals surface area (Å²) in [5.74, 6) is 0.219. The molecule has 0 aromatic heterocycles. The fourth-order valence-electron chi connectivity index (χ4n) is 2.89. The molecule has 3 heteroatoms. The minimum Gasteiger partial charge on any atom is -0.389 e. The van der Waals surface area contributed by atoms with Crippen LogP contribution in [0.2, 0.25) is 0 Å². The van der Waals surface area contributed by atoms with E-state index >= 15 is 0 Å². The summed E-state index contributed by atoms with van der Waals surface area (Å²) in [4.78, 5) is 12.3. The van der Waals surface area contributed by atoms with Gasteiger partial charge >= 0.3 is 0 Å². The second-order valence-electron chi connectivity index (χ2n) is 6.22. The smallest absolute Gasteiger partial charge is 0.228 e. The highest BCUT2D eigenvalue weighted by molar-refractivity contribution is 5.93. The second-order valence-corrected chi connectivity index (χ2v) is 6.22. The first-order chi connectivity index (χ1) is 8.90. The molecular weight excluding hydrogens is 238 g/mol. The van der Waals surface area contributed by atoms with E-state index in [-0.39, 0.29) is 17.2 Å². The molecule has 0 bridgehead atoms. The third-order valence-corrected chi connectivity index (χ3v) is 4.23. The van der Waals surface area contributed by atoms with E-state index in [1.807, 2.05) is 24.3 Å². The summed E-state index contributed by atoms with van der Waals surface area (Å²) in [5.41, 5.74) is 1.76. The van der Waals surface area contributed by atoms with Gasteiger partial charge in [-0.15, -0.1) is 0 Å². The highest BCUT2D eigenvalue weighted by Gasteiger charge is 2.39. The number of hydrogen-bond donors (Lipinski definition) is 2. The summed E-state index contributed by atoms with van der Waals surface area (Å²) in [5, 5.41) is 12.4. The van der Waals surface area contributed by atoms with Crippen LogP contribution in [0.5, 0.6) is 0 Å². The number of rotatable bonds is 3.